The largest absolute Gasteiger partial charge is 0.481 e. The molecule has 3 aromatic rings. The second-order valence-electron chi connectivity index (χ2n) is 9.07. The topological polar surface area (TPSA) is 108 Å². The molecule has 9 heteroatoms. The molecule has 1 aliphatic carbocycles. The Balaban J connectivity index is 1.38. The van der Waals surface area contributed by atoms with Gasteiger partial charge in [0.25, 0.3) is 0 Å². The highest BCUT2D eigenvalue weighted by Crippen LogP contribution is 2.34. The monoisotopic (exact) mass is 511 g/mol. The van der Waals surface area contributed by atoms with E-state index in [1.165, 1.54) is 23.1 Å². The summed E-state index contributed by atoms with van der Waals surface area (Å²) < 4.78 is 1.67. The van der Waals surface area contributed by atoms with Crippen molar-refractivity contribution in [1.82, 2.24) is 4.98 Å². The Labute approximate surface area is 212 Å². The number of carbonyl (C=O) groups excluding carboxylic acids is 2. The van der Waals surface area contributed by atoms with Crippen molar-refractivity contribution in [3.05, 3.63) is 48.0 Å². The summed E-state index contributed by atoms with van der Waals surface area (Å²) in [5, 5.41) is 15.4. The van der Waals surface area contributed by atoms with Gasteiger partial charge in [-0.3, -0.25) is 14.4 Å². The molecule has 7 nitrogen and oxygen atoms in total. The summed E-state index contributed by atoms with van der Waals surface area (Å²) in [5.74, 6) is -1.81. The van der Waals surface area contributed by atoms with Crippen LogP contribution >= 0.6 is 23.1 Å². The molecule has 0 radical (unpaired) electrons. The predicted molar refractivity (Wildman–Crippen MR) is 141 cm³/mol. The molecule has 2 atom stereocenters. The molecule has 1 aromatic heterocycles. The molecule has 0 bridgehead atoms. The van der Waals surface area contributed by atoms with E-state index in [1.807, 2.05) is 36.4 Å². The molecule has 1 saturated carbocycles. The summed E-state index contributed by atoms with van der Waals surface area (Å²) in [6.07, 6.45) is 2.85. The third-order valence-electron chi connectivity index (χ3n) is 6.24. The fraction of sp³-hybridized carbons (Fsp3) is 0.385. The zero-order valence-corrected chi connectivity index (χ0v) is 21.4. The van der Waals surface area contributed by atoms with Gasteiger partial charge in [0.15, 0.2) is 4.34 Å². The number of hydrogen-bond donors (Lipinski definition) is 3. The van der Waals surface area contributed by atoms with Crippen LogP contribution in [0, 0.1) is 11.8 Å². The molecule has 3 N–H and O–H groups in total. The van der Waals surface area contributed by atoms with E-state index in [2.05, 4.69) is 29.5 Å². The minimum atomic E-state index is -0.902. The van der Waals surface area contributed by atoms with Gasteiger partial charge < -0.3 is 15.7 Å². The number of aliphatic carboxylic acids is 1. The fourth-order valence-electron chi connectivity index (χ4n) is 4.45. The normalized spacial score (nSPS) is 17.9. The van der Waals surface area contributed by atoms with E-state index in [0.29, 0.717) is 24.4 Å². The first kappa shape index (κ1) is 25.2. The Hall–Kier alpha value is -2.91. The first-order chi connectivity index (χ1) is 16.8. The summed E-state index contributed by atoms with van der Waals surface area (Å²) in [6.45, 7) is 4.19. The number of anilines is 2. The molecule has 2 aromatic carbocycles. The van der Waals surface area contributed by atoms with Crippen LogP contribution in [0.5, 0.6) is 0 Å². The van der Waals surface area contributed by atoms with Crippen LogP contribution in [-0.4, -0.2) is 33.6 Å². The molecule has 0 saturated heterocycles. The number of thiazole rings is 1. The average Bonchev–Trinajstić information content (AvgIpc) is 3.25. The Morgan fingerprint density at radius 1 is 1.09 bits per heavy atom. The lowest BCUT2D eigenvalue weighted by atomic mass is 9.78. The maximum atomic E-state index is 12.8. The van der Waals surface area contributed by atoms with Gasteiger partial charge in [-0.1, -0.05) is 56.7 Å². The fourth-order valence-corrected chi connectivity index (χ4v) is 6.35. The van der Waals surface area contributed by atoms with Crippen LogP contribution in [0.1, 0.15) is 51.0 Å². The number of nitrogens with zero attached hydrogens (tertiary/aromatic N) is 1. The number of aromatic nitrogens is 1. The van der Waals surface area contributed by atoms with Crippen LogP contribution in [0.2, 0.25) is 0 Å². The molecule has 184 valence electrons. The maximum absolute atomic E-state index is 12.8. The van der Waals surface area contributed by atoms with Gasteiger partial charge in [-0.25, -0.2) is 4.98 Å². The van der Waals surface area contributed by atoms with Crippen LogP contribution in [-0.2, 0) is 14.4 Å². The molecule has 1 heterocycles. The van der Waals surface area contributed by atoms with Crippen molar-refractivity contribution in [2.45, 2.75) is 49.8 Å². The van der Waals surface area contributed by atoms with Crippen LogP contribution in [0.3, 0.4) is 0 Å². The quantitative estimate of drug-likeness (QED) is 0.321. The third kappa shape index (κ3) is 6.21. The van der Waals surface area contributed by atoms with Crippen molar-refractivity contribution in [1.29, 1.82) is 0 Å². The lowest BCUT2D eigenvalue weighted by Crippen LogP contribution is -2.36. The molecule has 1 aliphatic rings. The molecular formula is C26H29N3O4S2. The van der Waals surface area contributed by atoms with E-state index in [-0.39, 0.29) is 17.6 Å². The van der Waals surface area contributed by atoms with E-state index < -0.39 is 17.8 Å². The number of fused-ring (bicyclic) bond motifs is 1. The zero-order valence-electron chi connectivity index (χ0n) is 19.7. The summed E-state index contributed by atoms with van der Waals surface area (Å²) in [4.78, 5) is 41.4. The summed E-state index contributed by atoms with van der Waals surface area (Å²) >= 11 is 2.84. The Bertz CT molecular complexity index is 1240. The highest BCUT2D eigenvalue weighted by atomic mass is 32.2. The van der Waals surface area contributed by atoms with E-state index >= 15 is 0 Å². The number of hydrogen-bond acceptors (Lipinski definition) is 6. The number of benzene rings is 2. The van der Waals surface area contributed by atoms with Gasteiger partial charge >= 0.3 is 5.97 Å². The Morgan fingerprint density at radius 2 is 1.83 bits per heavy atom. The average molecular weight is 512 g/mol. The van der Waals surface area contributed by atoms with Crippen molar-refractivity contribution >= 4 is 62.5 Å². The Kier molecular flexibility index (Phi) is 8.07. The van der Waals surface area contributed by atoms with Gasteiger partial charge in [-0.05, 0) is 48.6 Å². The van der Waals surface area contributed by atoms with Crippen LogP contribution < -0.4 is 10.6 Å². The molecule has 0 unspecified atom stereocenters. The first-order valence-electron chi connectivity index (χ1n) is 11.8. The van der Waals surface area contributed by atoms with Crippen LogP contribution in [0.25, 0.3) is 10.2 Å². The lowest BCUT2D eigenvalue weighted by Gasteiger charge is -2.27. The van der Waals surface area contributed by atoms with Crippen LogP contribution in [0.4, 0.5) is 11.4 Å². The SMILES string of the molecule is CC(C)c1ccccc1NC(=O)CSc1nc2ccc(NC(=O)[C@@H]3CCCC[C@H]3C(=O)O)cc2s1. The molecular weight excluding hydrogens is 482 g/mol. The number of rotatable bonds is 8. The summed E-state index contributed by atoms with van der Waals surface area (Å²) in [5.41, 5.74) is 3.35. The van der Waals surface area contributed by atoms with Crippen molar-refractivity contribution in [2.24, 2.45) is 11.8 Å². The predicted octanol–water partition coefficient (Wildman–Crippen LogP) is 5.98. The van der Waals surface area contributed by atoms with Gasteiger partial charge in [0.2, 0.25) is 11.8 Å². The first-order valence-corrected chi connectivity index (χ1v) is 13.6. The van der Waals surface area contributed by atoms with E-state index in [9.17, 15) is 19.5 Å². The Morgan fingerprint density at radius 3 is 2.57 bits per heavy atom. The third-order valence-corrected chi connectivity index (χ3v) is 8.40. The molecule has 0 spiro atoms. The summed E-state index contributed by atoms with van der Waals surface area (Å²) in [6, 6.07) is 13.3. The number of carbonyl (C=O) groups is 3. The molecule has 35 heavy (non-hydrogen) atoms. The van der Waals surface area contributed by atoms with Gasteiger partial charge in [0.05, 0.1) is 27.8 Å². The van der Waals surface area contributed by atoms with Crippen molar-refractivity contribution in [3.8, 4) is 0 Å². The molecule has 4 rings (SSSR count). The van der Waals surface area contributed by atoms with Gasteiger partial charge in [0.1, 0.15) is 0 Å². The number of nitrogens with one attached hydrogen (secondary N) is 2. The van der Waals surface area contributed by atoms with E-state index in [4.69, 9.17) is 0 Å². The number of para-hydroxylation sites is 1. The number of carboxylic acids is 1. The second-order valence-corrected chi connectivity index (χ2v) is 11.3. The summed E-state index contributed by atoms with van der Waals surface area (Å²) in [7, 11) is 0. The number of carboxylic acid groups (broad SMARTS) is 1. The smallest absolute Gasteiger partial charge is 0.307 e. The zero-order chi connectivity index (χ0) is 24.9. The molecule has 1 fully saturated rings. The van der Waals surface area contributed by atoms with Crippen LogP contribution in [0.15, 0.2) is 46.8 Å². The van der Waals surface area contributed by atoms with Gasteiger partial charge in [0, 0.05) is 11.4 Å². The van der Waals surface area contributed by atoms with Crippen molar-refractivity contribution < 1.29 is 19.5 Å². The second kappa shape index (κ2) is 11.2. The van der Waals surface area contributed by atoms with Gasteiger partial charge in [-0.2, -0.15) is 0 Å². The minimum Gasteiger partial charge on any atom is -0.481 e. The van der Waals surface area contributed by atoms with Crippen molar-refractivity contribution in [2.75, 3.05) is 16.4 Å². The maximum Gasteiger partial charge on any atom is 0.307 e. The van der Waals surface area contributed by atoms with E-state index in [1.54, 1.807) is 6.07 Å². The van der Waals surface area contributed by atoms with Crippen molar-refractivity contribution in [3.63, 3.8) is 0 Å². The standard InChI is InChI=1S/C26H29N3O4S2/c1-15(2)17-7-5-6-10-20(17)28-23(30)14-34-26-29-21-12-11-16(13-22(21)35-26)27-24(31)18-8-3-4-9-19(18)25(32)33/h5-7,10-13,15,18-19H,3-4,8-9,14H2,1-2H3,(H,27,31)(H,28,30)(H,32,33)/t18-,19-/m1/s1. The molecule has 2 amide bonds. The lowest BCUT2D eigenvalue weighted by molar-refractivity contribution is -0.147. The highest BCUT2D eigenvalue weighted by molar-refractivity contribution is 8.01. The minimum absolute atomic E-state index is 0.0872. The number of thioether (sulfide) groups is 1. The molecule has 0 aliphatic heterocycles. The number of amides is 2. The van der Waals surface area contributed by atoms with E-state index in [0.717, 1.165) is 38.6 Å². The van der Waals surface area contributed by atoms with Gasteiger partial charge in [-0.15, -0.1) is 11.3 Å². The highest BCUT2D eigenvalue weighted by Gasteiger charge is 2.35.